The number of benzene rings is 1. The fraction of sp³-hybridized carbons (Fsp3) is 0.467. The number of Topliss-reactive ketones (excluding diaryl/α,β-unsaturated/α-hetero) is 1. The van der Waals surface area contributed by atoms with E-state index < -0.39 is 12.0 Å². The molecule has 19 heavy (non-hydrogen) atoms. The van der Waals surface area contributed by atoms with Gasteiger partial charge in [0.25, 0.3) is 0 Å². The lowest BCUT2D eigenvalue weighted by Gasteiger charge is -2.16. The van der Waals surface area contributed by atoms with E-state index in [1.165, 1.54) is 0 Å². The van der Waals surface area contributed by atoms with Gasteiger partial charge in [0.05, 0.1) is 13.2 Å². The van der Waals surface area contributed by atoms with Gasteiger partial charge in [-0.05, 0) is 25.8 Å². The van der Waals surface area contributed by atoms with E-state index in [1.54, 1.807) is 13.2 Å². The summed E-state index contributed by atoms with van der Waals surface area (Å²) in [6, 6.07) is 7.61. The van der Waals surface area contributed by atoms with Gasteiger partial charge in [-0.25, -0.2) is 0 Å². The van der Waals surface area contributed by atoms with Gasteiger partial charge in [0.2, 0.25) is 0 Å². The molecule has 2 rings (SSSR count). The van der Waals surface area contributed by atoms with E-state index >= 15 is 0 Å². The second-order valence-corrected chi connectivity index (χ2v) is 4.71. The number of nitriles is 1. The van der Waals surface area contributed by atoms with Crippen molar-refractivity contribution in [1.82, 2.24) is 0 Å². The summed E-state index contributed by atoms with van der Waals surface area (Å²) in [5.41, 5.74) is 1.63. The van der Waals surface area contributed by atoms with E-state index in [9.17, 15) is 10.1 Å². The maximum atomic E-state index is 12.4. The van der Waals surface area contributed by atoms with E-state index in [0.717, 1.165) is 12.0 Å². The first-order chi connectivity index (χ1) is 9.17. The van der Waals surface area contributed by atoms with Crippen LogP contribution in [0.15, 0.2) is 18.2 Å². The molecular weight excluding hydrogens is 242 g/mol. The smallest absolute Gasteiger partial charge is 0.183 e. The molecule has 0 aliphatic carbocycles. The molecule has 1 aromatic rings. The van der Waals surface area contributed by atoms with Gasteiger partial charge in [0.15, 0.2) is 5.78 Å². The van der Waals surface area contributed by atoms with Crippen LogP contribution in [0.25, 0.3) is 0 Å². The number of rotatable bonds is 4. The van der Waals surface area contributed by atoms with Crippen LogP contribution in [-0.2, 0) is 9.53 Å². The lowest BCUT2D eigenvalue weighted by molar-refractivity contribution is -0.128. The summed E-state index contributed by atoms with van der Waals surface area (Å²) in [7, 11) is 1.54. The predicted molar refractivity (Wildman–Crippen MR) is 70.1 cm³/mol. The molecule has 0 saturated carbocycles. The Morgan fingerprint density at radius 2 is 2.37 bits per heavy atom. The Bertz CT molecular complexity index is 513. The Kier molecular flexibility index (Phi) is 4.18. The topological polar surface area (TPSA) is 59.3 Å². The first kappa shape index (κ1) is 13.6. The SMILES string of the molecule is COc1ccc(C)cc1C(C#N)C(=O)C1CCCO1. The molecule has 2 atom stereocenters. The summed E-state index contributed by atoms with van der Waals surface area (Å²) in [6.07, 6.45) is 1.12. The number of carbonyl (C=O) groups is 1. The van der Waals surface area contributed by atoms with Crippen molar-refractivity contribution in [2.24, 2.45) is 0 Å². The Morgan fingerprint density at radius 3 is 2.95 bits per heavy atom. The first-order valence-corrected chi connectivity index (χ1v) is 6.37. The van der Waals surface area contributed by atoms with Crippen molar-refractivity contribution in [1.29, 1.82) is 5.26 Å². The zero-order valence-corrected chi connectivity index (χ0v) is 11.2. The van der Waals surface area contributed by atoms with Crippen molar-refractivity contribution in [2.45, 2.75) is 31.8 Å². The summed E-state index contributed by atoms with van der Waals surface area (Å²) in [5, 5.41) is 9.34. The molecule has 1 heterocycles. The number of ether oxygens (including phenoxy) is 2. The number of methoxy groups -OCH3 is 1. The Hall–Kier alpha value is -1.86. The van der Waals surface area contributed by atoms with Crippen LogP contribution in [0.1, 0.15) is 29.9 Å². The van der Waals surface area contributed by atoms with Gasteiger partial charge >= 0.3 is 0 Å². The van der Waals surface area contributed by atoms with Crippen molar-refractivity contribution in [3.8, 4) is 11.8 Å². The van der Waals surface area contributed by atoms with Crippen LogP contribution in [0.3, 0.4) is 0 Å². The van der Waals surface area contributed by atoms with E-state index in [0.29, 0.717) is 24.3 Å². The third-order valence-corrected chi connectivity index (χ3v) is 3.36. The highest BCUT2D eigenvalue weighted by Gasteiger charge is 2.32. The van der Waals surface area contributed by atoms with E-state index in [4.69, 9.17) is 9.47 Å². The molecule has 0 aromatic heterocycles. The minimum atomic E-state index is -0.821. The quantitative estimate of drug-likeness (QED) is 0.832. The number of hydrogen-bond acceptors (Lipinski definition) is 4. The van der Waals surface area contributed by atoms with Crippen LogP contribution in [0, 0.1) is 18.3 Å². The molecule has 1 aliphatic rings. The zero-order valence-electron chi connectivity index (χ0n) is 11.2. The zero-order chi connectivity index (χ0) is 13.8. The van der Waals surface area contributed by atoms with Crippen molar-refractivity contribution >= 4 is 5.78 Å². The fourth-order valence-electron chi connectivity index (χ4n) is 2.35. The Balaban J connectivity index is 2.33. The molecular formula is C15H17NO3. The largest absolute Gasteiger partial charge is 0.496 e. The standard InChI is InChI=1S/C15H17NO3/c1-10-5-6-13(18-2)11(8-10)12(9-16)15(17)14-4-3-7-19-14/h5-6,8,12,14H,3-4,7H2,1-2H3. The van der Waals surface area contributed by atoms with Crippen LogP contribution in [-0.4, -0.2) is 25.6 Å². The Labute approximate surface area is 112 Å². The summed E-state index contributed by atoms with van der Waals surface area (Å²) >= 11 is 0. The van der Waals surface area contributed by atoms with E-state index in [1.807, 2.05) is 19.1 Å². The Morgan fingerprint density at radius 1 is 1.58 bits per heavy atom. The summed E-state index contributed by atoms with van der Waals surface area (Å²) in [6.45, 7) is 2.52. The molecule has 0 spiro atoms. The van der Waals surface area contributed by atoms with Gasteiger partial charge in [-0.3, -0.25) is 4.79 Å². The van der Waals surface area contributed by atoms with Gasteiger partial charge in [-0.2, -0.15) is 5.26 Å². The van der Waals surface area contributed by atoms with Crippen molar-refractivity contribution in [3.63, 3.8) is 0 Å². The fourth-order valence-corrected chi connectivity index (χ4v) is 2.35. The van der Waals surface area contributed by atoms with Crippen LogP contribution in [0.4, 0.5) is 0 Å². The molecule has 0 amide bonds. The van der Waals surface area contributed by atoms with Crippen molar-refractivity contribution in [2.75, 3.05) is 13.7 Å². The number of aryl methyl sites for hydroxylation is 1. The van der Waals surface area contributed by atoms with Crippen LogP contribution in [0.2, 0.25) is 0 Å². The third kappa shape index (κ3) is 2.77. The van der Waals surface area contributed by atoms with Crippen molar-refractivity contribution in [3.05, 3.63) is 29.3 Å². The highest BCUT2D eigenvalue weighted by atomic mass is 16.5. The minimum Gasteiger partial charge on any atom is -0.496 e. The molecule has 0 bridgehead atoms. The van der Waals surface area contributed by atoms with Crippen LogP contribution >= 0.6 is 0 Å². The number of hydrogen-bond donors (Lipinski definition) is 0. The lowest BCUT2D eigenvalue weighted by Crippen LogP contribution is -2.25. The monoisotopic (exact) mass is 259 g/mol. The maximum Gasteiger partial charge on any atom is 0.183 e. The minimum absolute atomic E-state index is 0.163. The number of ketones is 1. The lowest BCUT2D eigenvalue weighted by atomic mass is 9.90. The summed E-state index contributed by atoms with van der Waals surface area (Å²) < 4.78 is 10.6. The van der Waals surface area contributed by atoms with Crippen LogP contribution < -0.4 is 4.74 Å². The molecule has 1 aliphatic heterocycles. The van der Waals surface area contributed by atoms with Gasteiger partial charge in [-0.1, -0.05) is 17.7 Å². The van der Waals surface area contributed by atoms with Gasteiger partial charge in [0, 0.05) is 12.2 Å². The van der Waals surface area contributed by atoms with Crippen molar-refractivity contribution < 1.29 is 14.3 Å². The second-order valence-electron chi connectivity index (χ2n) is 4.71. The number of carbonyl (C=O) groups excluding carboxylic acids is 1. The normalized spacial score (nSPS) is 19.7. The summed E-state index contributed by atoms with van der Waals surface area (Å²) in [5.74, 6) is -0.412. The highest BCUT2D eigenvalue weighted by Crippen LogP contribution is 2.30. The molecule has 0 radical (unpaired) electrons. The molecule has 0 N–H and O–H groups in total. The predicted octanol–water partition coefficient (Wildman–Crippen LogP) is 2.36. The average molecular weight is 259 g/mol. The molecule has 100 valence electrons. The molecule has 4 nitrogen and oxygen atoms in total. The molecule has 1 fully saturated rings. The van der Waals surface area contributed by atoms with Gasteiger partial charge in [0.1, 0.15) is 17.8 Å². The molecule has 4 heteroatoms. The maximum absolute atomic E-state index is 12.4. The first-order valence-electron chi connectivity index (χ1n) is 6.37. The average Bonchev–Trinajstić information content (AvgIpc) is 2.93. The number of nitrogens with zero attached hydrogens (tertiary/aromatic N) is 1. The van der Waals surface area contributed by atoms with E-state index in [-0.39, 0.29) is 5.78 Å². The second kappa shape index (κ2) is 5.85. The van der Waals surface area contributed by atoms with E-state index in [2.05, 4.69) is 6.07 Å². The summed E-state index contributed by atoms with van der Waals surface area (Å²) in [4.78, 5) is 12.4. The van der Waals surface area contributed by atoms with Gasteiger partial charge < -0.3 is 9.47 Å². The van der Waals surface area contributed by atoms with Crippen LogP contribution in [0.5, 0.6) is 5.75 Å². The highest BCUT2D eigenvalue weighted by molar-refractivity contribution is 5.93. The molecule has 1 saturated heterocycles. The van der Waals surface area contributed by atoms with Gasteiger partial charge in [-0.15, -0.1) is 0 Å². The third-order valence-electron chi connectivity index (χ3n) is 3.36. The molecule has 2 unspecified atom stereocenters. The molecule has 1 aromatic carbocycles.